The number of nitrogens with zero attached hydrogens (tertiary/aromatic N) is 4. The Morgan fingerprint density at radius 3 is 2.55 bits per heavy atom. The summed E-state index contributed by atoms with van der Waals surface area (Å²) in [4.78, 5) is 11.0. The Balaban J connectivity index is 1.80. The highest BCUT2D eigenvalue weighted by atomic mass is 35.5. The second kappa shape index (κ2) is 6.20. The molecule has 0 aliphatic carbocycles. The fourth-order valence-corrected chi connectivity index (χ4v) is 2.82. The van der Waals surface area contributed by atoms with Crippen molar-refractivity contribution in [3.05, 3.63) is 54.4 Å². The zero-order valence-corrected chi connectivity index (χ0v) is 11.9. The Labute approximate surface area is 124 Å². The minimum absolute atomic E-state index is 0.297. The summed E-state index contributed by atoms with van der Waals surface area (Å²) in [6.07, 6.45) is 4.52. The number of hydrogen-bond donors (Lipinski definition) is 0. The fraction of sp³-hybridized carbons (Fsp3) is 0.333. The van der Waals surface area contributed by atoms with Crippen molar-refractivity contribution in [1.29, 1.82) is 0 Å². The van der Waals surface area contributed by atoms with Crippen LogP contribution in [0, 0.1) is 0 Å². The van der Waals surface area contributed by atoms with E-state index in [9.17, 15) is 0 Å². The molecule has 0 amide bonds. The second-order valence-electron chi connectivity index (χ2n) is 4.95. The minimum Gasteiger partial charge on any atom is -0.335 e. The van der Waals surface area contributed by atoms with Gasteiger partial charge in [0, 0.05) is 38.1 Å². The van der Waals surface area contributed by atoms with Crippen molar-refractivity contribution in [2.24, 2.45) is 0 Å². The molecule has 1 aromatic carbocycles. The van der Waals surface area contributed by atoms with Crippen LogP contribution in [0.1, 0.15) is 5.56 Å². The molecular formula is C15H17ClN4. The summed E-state index contributed by atoms with van der Waals surface area (Å²) in [7, 11) is 0. The van der Waals surface area contributed by atoms with Gasteiger partial charge in [-0.05, 0) is 29.8 Å². The average Bonchev–Trinajstić information content (AvgIpc) is 2.49. The van der Waals surface area contributed by atoms with Gasteiger partial charge in [-0.25, -0.2) is 14.4 Å². The molecule has 0 N–H and O–H groups in total. The first-order chi connectivity index (χ1) is 9.83. The van der Waals surface area contributed by atoms with Crippen LogP contribution < -0.4 is 4.90 Å². The van der Waals surface area contributed by atoms with Gasteiger partial charge in [0.1, 0.15) is 0 Å². The Morgan fingerprint density at radius 1 is 1.05 bits per heavy atom. The molecule has 2 heterocycles. The van der Waals surface area contributed by atoms with Gasteiger partial charge >= 0.3 is 0 Å². The van der Waals surface area contributed by atoms with E-state index in [0.29, 0.717) is 6.04 Å². The third-order valence-corrected chi connectivity index (χ3v) is 3.86. The SMILES string of the molecule is ClN1CCN(c2ncccn2)C(Cc2ccccc2)C1. The van der Waals surface area contributed by atoms with Gasteiger partial charge in [0.2, 0.25) is 5.95 Å². The van der Waals surface area contributed by atoms with Gasteiger partial charge in [-0.3, -0.25) is 0 Å². The maximum atomic E-state index is 6.20. The van der Waals surface area contributed by atoms with E-state index >= 15 is 0 Å². The van der Waals surface area contributed by atoms with Gasteiger partial charge in [-0.2, -0.15) is 0 Å². The number of piperazine rings is 1. The second-order valence-corrected chi connectivity index (χ2v) is 5.43. The molecule has 0 saturated carbocycles. The number of rotatable bonds is 3. The normalized spacial score (nSPS) is 20.1. The molecule has 1 fully saturated rings. The molecule has 3 rings (SSSR count). The van der Waals surface area contributed by atoms with Gasteiger partial charge in [-0.15, -0.1) is 0 Å². The molecule has 1 atom stereocenters. The first-order valence-corrected chi connectivity index (χ1v) is 7.15. The zero-order chi connectivity index (χ0) is 13.8. The van der Waals surface area contributed by atoms with Gasteiger partial charge in [-0.1, -0.05) is 30.3 Å². The molecule has 2 aromatic rings. The maximum absolute atomic E-state index is 6.20. The van der Waals surface area contributed by atoms with E-state index in [0.717, 1.165) is 32.0 Å². The molecule has 1 aliphatic rings. The quantitative estimate of drug-likeness (QED) is 0.812. The van der Waals surface area contributed by atoms with Crippen molar-refractivity contribution in [3.8, 4) is 0 Å². The number of halogens is 1. The highest BCUT2D eigenvalue weighted by Crippen LogP contribution is 2.20. The Bertz CT molecular complexity index is 534. The summed E-state index contributed by atoms with van der Waals surface area (Å²) in [6.45, 7) is 2.49. The van der Waals surface area contributed by atoms with Crippen LogP contribution >= 0.6 is 11.8 Å². The van der Waals surface area contributed by atoms with Crippen LogP contribution in [0.3, 0.4) is 0 Å². The summed E-state index contributed by atoms with van der Waals surface area (Å²) < 4.78 is 1.85. The van der Waals surface area contributed by atoms with Gasteiger partial charge in [0.25, 0.3) is 0 Å². The number of benzene rings is 1. The van der Waals surface area contributed by atoms with Gasteiger partial charge in [0.15, 0.2) is 0 Å². The van der Waals surface area contributed by atoms with Crippen molar-refractivity contribution < 1.29 is 0 Å². The molecular weight excluding hydrogens is 272 g/mol. The van der Waals surface area contributed by atoms with Crippen LogP contribution in [0.2, 0.25) is 0 Å². The van der Waals surface area contributed by atoms with Crippen LogP contribution in [-0.2, 0) is 6.42 Å². The van der Waals surface area contributed by atoms with Crippen LogP contribution in [0.5, 0.6) is 0 Å². The Morgan fingerprint density at radius 2 is 1.80 bits per heavy atom. The van der Waals surface area contributed by atoms with Crippen LogP contribution in [0.4, 0.5) is 5.95 Å². The lowest BCUT2D eigenvalue weighted by Gasteiger charge is -2.38. The molecule has 0 spiro atoms. The lowest BCUT2D eigenvalue weighted by molar-refractivity contribution is 0.345. The number of hydrogen-bond acceptors (Lipinski definition) is 4. The average molecular weight is 289 g/mol. The molecule has 1 aromatic heterocycles. The maximum Gasteiger partial charge on any atom is 0.225 e. The molecule has 20 heavy (non-hydrogen) atoms. The van der Waals surface area contributed by atoms with E-state index in [1.807, 2.05) is 16.6 Å². The number of anilines is 1. The highest BCUT2D eigenvalue weighted by Gasteiger charge is 2.28. The monoisotopic (exact) mass is 288 g/mol. The van der Waals surface area contributed by atoms with Crippen LogP contribution in [-0.4, -0.2) is 40.1 Å². The van der Waals surface area contributed by atoms with E-state index < -0.39 is 0 Å². The summed E-state index contributed by atoms with van der Waals surface area (Å²) in [5.74, 6) is 0.790. The third kappa shape index (κ3) is 3.08. The number of aromatic nitrogens is 2. The van der Waals surface area contributed by atoms with Crippen LogP contribution in [0.25, 0.3) is 0 Å². The Hall–Kier alpha value is -1.65. The van der Waals surface area contributed by atoms with E-state index in [-0.39, 0.29) is 0 Å². The first kappa shape index (κ1) is 13.3. The van der Waals surface area contributed by atoms with Gasteiger partial charge < -0.3 is 4.90 Å². The molecule has 0 bridgehead atoms. The Kier molecular flexibility index (Phi) is 4.14. The minimum atomic E-state index is 0.297. The lowest BCUT2D eigenvalue weighted by Crippen LogP contribution is -2.52. The van der Waals surface area contributed by atoms with E-state index in [2.05, 4.69) is 39.1 Å². The van der Waals surface area contributed by atoms with Crippen LogP contribution in [0.15, 0.2) is 48.8 Å². The van der Waals surface area contributed by atoms with Crippen molar-refractivity contribution in [2.45, 2.75) is 12.5 Å². The van der Waals surface area contributed by atoms with E-state index in [1.54, 1.807) is 12.4 Å². The summed E-state index contributed by atoms with van der Waals surface area (Å²) in [5, 5.41) is 0. The van der Waals surface area contributed by atoms with Crippen molar-refractivity contribution in [2.75, 3.05) is 24.5 Å². The predicted octanol–water partition coefficient (Wildman–Crippen LogP) is 2.36. The first-order valence-electron chi connectivity index (χ1n) is 6.81. The molecule has 5 heteroatoms. The van der Waals surface area contributed by atoms with E-state index in [4.69, 9.17) is 11.8 Å². The van der Waals surface area contributed by atoms with Crippen molar-refractivity contribution in [3.63, 3.8) is 0 Å². The predicted molar refractivity (Wildman–Crippen MR) is 80.7 cm³/mol. The summed E-state index contributed by atoms with van der Waals surface area (Å²) >= 11 is 6.20. The largest absolute Gasteiger partial charge is 0.335 e. The fourth-order valence-electron chi connectivity index (χ4n) is 2.58. The molecule has 4 nitrogen and oxygen atoms in total. The zero-order valence-electron chi connectivity index (χ0n) is 11.2. The third-order valence-electron chi connectivity index (χ3n) is 3.56. The van der Waals surface area contributed by atoms with E-state index in [1.165, 1.54) is 5.56 Å². The molecule has 1 saturated heterocycles. The topological polar surface area (TPSA) is 32.3 Å². The molecule has 1 unspecified atom stereocenters. The summed E-state index contributed by atoms with van der Waals surface area (Å²) in [6, 6.07) is 12.6. The summed E-state index contributed by atoms with van der Waals surface area (Å²) in [5.41, 5.74) is 1.31. The molecule has 1 aliphatic heterocycles. The molecule has 104 valence electrons. The van der Waals surface area contributed by atoms with Gasteiger partial charge in [0.05, 0.1) is 0 Å². The lowest BCUT2D eigenvalue weighted by atomic mass is 10.0. The van der Waals surface area contributed by atoms with Crippen molar-refractivity contribution >= 4 is 17.7 Å². The van der Waals surface area contributed by atoms with Crippen molar-refractivity contribution in [1.82, 2.24) is 14.4 Å². The smallest absolute Gasteiger partial charge is 0.225 e. The standard InChI is InChI=1S/C15H17ClN4/c16-19-9-10-20(15-17-7-4-8-18-15)14(12-19)11-13-5-2-1-3-6-13/h1-8,14H,9-12H2. The highest BCUT2D eigenvalue weighted by molar-refractivity contribution is 6.13. The molecule has 0 radical (unpaired) electrons.